The molecule has 1 aromatic carbocycles. The Morgan fingerprint density at radius 1 is 1.13 bits per heavy atom. The molecule has 1 nitrogen and oxygen atoms in total. The molecular weight excluding hydrogens is 182 g/mol. The van der Waals surface area contributed by atoms with Crippen LogP contribution in [0.2, 0.25) is 0 Å². The predicted molar refractivity (Wildman–Crippen MR) is 62.4 cm³/mol. The van der Waals surface area contributed by atoms with Crippen LogP contribution in [-0.2, 0) is 13.4 Å². The van der Waals surface area contributed by atoms with Crippen LogP contribution in [0, 0.1) is 0 Å². The van der Waals surface area contributed by atoms with Crippen LogP contribution in [0.1, 0.15) is 15.2 Å². The van der Waals surface area contributed by atoms with Crippen molar-refractivity contribution < 1.29 is 7.31 Å². The first kappa shape index (κ1) is 7.63. The van der Waals surface area contributed by atoms with E-state index >= 15 is 0 Å². The minimum absolute atomic E-state index is 0.708. The van der Waals surface area contributed by atoms with Gasteiger partial charge in [-0.15, -0.1) is 0 Å². The molecule has 0 radical (unpaired) electrons. The minimum atomic E-state index is -1.28. The van der Waals surface area contributed by atoms with Gasteiger partial charge in [0.25, 0.3) is 0 Å². The van der Waals surface area contributed by atoms with Crippen LogP contribution >= 0.6 is 0 Å². The standard InChI is InChI=1S/C14H16N/c1-3-12-7-9-13(10-8-12)14-6-4-5-11-15(14)2/h4-11H,3H2,1-2H3/q+1/i3D2. The SMILES string of the molecule is [2H]C([2H])(C)c1ccc(-c2cccc[n+]2C)cc1. The molecule has 1 aromatic heterocycles. The van der Waals surface area contributed by atoms with Crippen LogP contribution in [0.4, 0.5) is 0 Å². The van der Waals surface area contributed by atoms with Crippen LogP contribution < -0.4 is 4.57 Å². The third-order valence-electron chi connectivity index (χ3n) is 2.52. The van der Waals surface area contributed by atoms with E-state index in [-0.39, 0.29) is 0 Å². The largest absolute Gasteiger partial charge is 0.212 e. The molecule has 1 heteroatoms. The highest BCUT2D eigenvalue weighted by molar-refractivity contribution is 5.56. The van der Waals surface area contributed by atoms with Crippen LogP contribution in [-0.4, -0.2) is 0 Å². The maximum Gasteiger partial charge on any atom is 0.212 e. The Bertz CT molecular complexity index is 512. The summed E-state index contributed by atoms with van der Waals surface area (Å²) in [4.78, 5) is 0. The number of rotatable bonds is 2. The normalized spacial score (nSPS) is 13.2. The second-order valence-electron chi connectivity index (χ2n) is 3.52. The van der Waals surface area contributed by atoms with E-state index < -0.39 is 6.37 Å². The molecule has 0 saturated carbocycles. The van der Waals surface area contributed by atoms with E-state index in [0.29, 0.717) is 5.56 Å². The van der Waals surface area contributed by atoms with Crippen molar-refractivity contribution in [1.82, 2.24) is 0 Å². The lowest BCUT2D eigenvalue weighted by molar-refractivity contribution is -0.660. The molecule has 0 aliphatic rings. The Morgan fingerprint density at radius 2 is 1.87 bits per heavy atom. The van der Waals surface area contributed by atoms with Crippen molar-refractivity contribution in [2.75, 3.05) is 0 Å². The highest BCUT2D eigenvalue weighted by Crippen LogP contribution is 2.15. The molecular formula is C14H16N+. The van der Waals surface area contributed by atoms with Gasteiger partial charge in [0.05, 0.1) is 0 Å². The summed E-state index contributed by atoms with van der Waals surface area (Å²) in [6, 6.07) is 13.7. The van der Waals surface area contributed by atoms with Gasteiger partial charge in [-0.05, 0) is 30.1 Å². The molecule has 1 heterocycles. The number of benzene rings is 1. The summed E-state index contributed by atoms with van der Waals surface area (Å²) in [6.45, 7) is 1.57. The van der Waals surface area contributed by atoms with Crippen molar-refractivity contribution in [3.05, 3.63) is 54.2 Å². The number of nitrogens with zero attached hydrogens (tertiary/aromatic N) is 1. The van der Waals surface area contributed by atoms with Gasteiger partial charge in [-0.2, -0.15) is 0 Å². The van der Waals surface area contributed by atoms with Gasteiger partial charge in [-0.3, -0.25) is 0 Å². The predicted octanol–water partition coefficient (Wildman–Crippen LogP) is 2.74. The van der Waals surface area contributed by atoms with Crippen molar-refractivity contribution in [3.63, 3.8) is 0 Å². The fourth-order valence-electron chi connectivity index (χ4n) is 1.63. The smallest absolute Gasteiger partial charge is 0.201 e. The summed E-state index contributed by atoms with van der Waals surface area (Å²) in [7, 11) is 2.00. The number of aryl methyl sites for hydroxylation is 2. The van der Waals surface area contributed by atoms with Crippen LogP contribution in [0.15, 0.2) is 48.7 Å². The molecule has 0 N–H and O–H groups in total. The average Bonchev–Trinajstić information content (AvgIpc) is 2.29. The Hall–Kier alpha value is -1.63. The first-order chi connectivity index (χ1) is 7.98. The van der Waals surface area contributed by atoms with Crippen LogP contribution in [0.3, 0.4) is 0 Å². The Balaban J connectivity index is 2.40. The number of pyridine rings is 1. The number of hydrogen-bond donors (Lipinski definition) is 0. The van der Waals surface area contributed by atoms with Gasteiger partial charge in [0, 0.05) is 20.4 Å². The van der Waals surface area contributed by atoms with Crippen molar-refractivity contribution in [2.24, 2.45) is 7.05 Å². The third-order valence-corrected chi connectivity index (χ3v) is 2.52. The zero-order valence-corrected chi connectivity index (χ0v) is 9.07. The van der Waals surface area contributed by atoms with Gasteiger partial charge in [0.1, 0.15) is 7.05 Å². The molecule has 2 aromatic rings. The molecule has 0 fully saturated rings. The topological polar surface area (TPSA) is 3.88 Å². The molecule has 0 bridgehead atoms. The molecule has 0 unspecified atom stereocenters. The zero-order chi connectivity index (χ0) is 12.5. The monoisotopic (exact) mass is 200 g/mol. The molecule has 0 aliphatic heterocycles. The summed E-state index contributed by atoms with van der Waals surface area (Å²) in [5.74, 6) is 0. The maximum absolute atomic E-state index is 7.65. The summed E-state index contributed by atoms with van der Waals surface area (Å²) in [5, 5.41) is 0. The minimum Gasteiger partial charge on any atom is -0.201 e. The molecule has 0 amide bonds. The fraction of sp³-hybridized carbons (Fsp3) is 0.214. The van der Waals surface area contributed by atoms with Gasteiger partial charge in [0.2, 0.25) is 5.69 Å². The molecule has 2 rings (SSSR count). The fourth-order valence-corrected chi connectivity index (χ4v) is 1.63. The number of aromatic nitrogens is 1. The van der Waals surface area contributed by atoms with Gasteiger partial charge >= 0.3 is 0 Å². The van der Waals surface area contributed by atoms with Gasteiger partial charge in [-0.1, -0.05) is 19.1 Å². The van der Waals surface area contributed by atoms with E-state index in [1.165, 1.54) is 0 Å². The van der Waals surface area contributed by atoms with E-state index in [2.05, 4.69) is 10.6 Å². The Kier molecular flexibility index (Phi) is 2.17. The van der Waals surface area contributed by atoms with Crippen LogP contribution in [0.25, 0.3) is 11.3 Å². The second-order valence-corrected chi connectivity index (χ2v) is 3.52. The van der Waals surface area contributed by atoms with Crippen molar-refractivity contribution in [2.45, 2.75) is 13.3 Å². The maximum atomic E-state index is 7.65. The summed E-state index contributed by atoms with van der Waals surface area (Å²) >= 11 is 0. The highest BCUT2D eigenvalue weighted by atomic mass is 14.9. The molecule has 0 saturated heterocycles. The highest BCUT2D eigenvalue weighted by Gasteiger charge is 2.06. The quantitative estimate of drug-likeness (QED) is 0.656. The Labute approximate surface area is 93.8 Å². The van der Waals surface area contributed by atoms with Crippen molar-refractivity contribution in [1.29, 1.82) is 0 Å². The van der Waals surface area contributed by atoms with E-state index in [0.717, 1.165) is 11.3 Å². The number of hydrogen-bond acceptors (Lipinski definition) is 0. The van der Waals surface area contributed by atoms with E-state index in [4.69, 9.17) is 2.74 Å². The van der Waals surface area contributed by atoms with E-state index in [1.54, 1.807) is 6.92 Å². The second kappa shape index (κ2) is 4.26. The molecule has 0 spiro atoms. The van der Waals surface area contributed by atoms with Gasteiger partial charge < -0.3 is 0 Å². The third kappa shape index (κ3) is 2.07. The summed E-state index contributed by atoms with van der Waals surface area (Å²) < 4.78 is 17.4. The first-order valence-electron chi connectivity index (χ1n) is 6.04. The average molecular weight is 200 g/mol. The van der Waals surface area contributed by atoms with E-state index in [9.17, 15) is 0 Å². The molecule has 15 heavy (non-hydrogen) atoms. The van der Waals surface area contributed by atoms with Gasteiger partial charge in [0.15, 0.2) is 6.20 Å². The lowest BCUT2D eigenvalue weighted by atomic mass is 10.1. The first-order valence-corrected chi connectivity index (χ1v) is 5.04. The van der Waals surface area contributed by atoms with Crippen LogP contribution in [0.5, 0.6) is 0 Å². The van der Waals surface area contributed by atoms with Crippen molar-refractivity contribution >= 4 is 0 Å². The lowest BCUT2D eigenvalue weighted by Crippen LogP contribution is -2.29. The molecule has 76 valence electrons. The summed E-state index contributed by atoms with van der Waals surface area (Å²) in [6.07, 6.45) is 0.722. The van der Waals surface area contributed by atoms with Crippen molar-refractivity contribution in [3.8, 4) is 11.3 Å². The van der Waals surface area contributed by atoms with E-state index in [1.807, 2.05) is 49.6 Å². The lowest BCUT2D eigenvalue weighted by Gasteiger charge is -2.01. The summed E-state index contributed by atoms with van der Waals surface area (Å²) in [5.41, 5.74) is 2.93. The van der Waals surface area contributed by atoms with Gasteiger partial charge in [-0.25, -0.2) is 4.57 Å². The Morgan fingerprint density at radius 3 is 2.47 bits per heavy atom. The zero-order valence-electron chi connectivity index (χ0n) is 11.1. The molecule has 0 aliphatic carbocycles. The molecule has 0 atom stereocenters.